The largest absolute Gasteiger partial charge is 0.486 e. The van der Waals surface area contributed by atoms with Gasteiger partial charge in [-0.05, 0) is 77.6 Å². The fourth-order valence-electron chi connectivity index (χ4n) is 3.90. The summed E-state index contributed by atoms with van der Waals surface area (Å²) in [6.07, 6.45) is 6.01. The van der Waals surface area contributed by atoms with Crippen molar-refractivity contribution in [2.75, 3.05) is 32.8 Å². The normalized spacial score (nSPS) is 19.5. The van der Waals surface area contributed by atoms with Gasteiger partial charge in [-0.3, -0.25) is 14.7 Å². The minimum absolute atomic E-state index is 0.0434. The summed E-state index contributed by atoms with van der Waals surface area (Å²) in [6.45, 7) is 4.21. The molecular formula is C22H25Br2N3O3. The van der Waals surface area contributed by atoms with E-state index in [1.54, 1.807) is 12.4 Å². The lowest BCUT2D eigenvalue weighted by molar-refractivity contribution is -0.120. The number of ether oxygens (including phenoxy) is 2. The second kappa shape index (κ2) is 10.1. The molecule has 1 saturated heterocycles. The van der Waals surface area contributed by atoms with Crippen LogP contribution >= 0.6 is 31.9 Å². The van der Waals surface area contributed by atoms with Gasteiger partial charge in [0.05, 0.1) is 6.42 Å². The first-order valence-corrected chi connectivity index (χ1v) is 11.8. The van der Waals surface area contributed by atoms with Crippen molar-refractivity contribution in [1.29, 1.82) is 0 Å². The summed E-state index contributed by atoms with van der Waals surface area (Å²) in [5.41, 5.74) is 0.917. The molecule has 6 nitrogen and oxygen atoms in total. The minimum Gasteiger partial charge on any atom is -0.486 e. The van der Waals surface area contributed by atoms with Crippen LogP contribution in [0.4, 0.5) is 0 Å². The van der Waals surface area contributed by atoms with E-state index in [1.165, 1.54) is 0 Å². The van der Waals surface area contributed by atoms with E-state index < -0.39 is 0 Å². The summed E-state index contributed by atoms with van der Waals surface area (Å²) in [5.74, 6) is 2.18. The Balaban J connectivity index is 1.17. The molecule has 160 valence electrons. The van der Waals surface area contributed by atoms with Crippen LogP contribution in [0.25, 0.3) is 0 Å². The maximum Gasteiger partial charge on any atom is 0.224 e. The van der Waals surface area contributed by atoms with Crippen molar-refractivity contribution in [1.82, 2.24) is 15.2 Å². The van der Waals surface area contributed by atoms with E-state index in [0.717, 1.165) is 65.0 Å². The van der Waals surface area contributed by atoms with Gasteiger partial charge in [0.2, 0.25) is 5.91 Å². The Hall–Kier alpha value is -1.64. The van der Waals surface area contributed by atoms with Gasteiger partial charge in [-0.15, -0.1) is 0 Å². The topological polar surface area (TPSA) is 63.7 Å². The van der Waals surface area contributed by atoms with E-state index in [1.807, 2.05) is 24.3 Å². The van der Waals surface area contributed by atoms with Crippen LogP contribution in [0.5, 0.6) is 11.5 Å². The molecule has 0 saturated carbocycles. The molecule has 2 aliphatic rings. The fraction of sp³-hybridized carbons (Fsp3) is 0.455. The standard InChI is InChI=1S/C22H25Br2N3O3/c23-17-1-2-20-21(9-17)30-19(14-29-20)13-27-5-3-15(4-6-27)11-26-22(28)8-16-7-18(24)12-25-10-16/h1-2,7,9-10,12,15,19H,3-6,8,11,13-14H2,(H,26,28). The van der Waals surface area contributed by atoms with Gasteiger partial charge in [0.1, 0.15) is 12.7 Å². The SMILES string of the molecule is O=C(Cc1cncc(Br)c1)NCC1CCN(CC2COc3ccc(Br)cc3O2)CC1. The number of aromatic nitrogens is 1. The van der Waals surface area contributed by atoms with Gasteiger partial charge in [0, 0.05) is 34.4 Å². The van der Waals surface area contributed by atoms with Gasteiger partial charge < -0.3 is 14.8 Å². The third kappa shape index (κ3) is 5.95. The van der Waals surface area contributed by atoms with Crippen LogP contribution in [0.3, 0.4) is 0 Å². The summed E-state index contributed by atoms with van der Waals surface area (Å²) in [7, 11) is 0. The third-order valence-corrected chi connectivity index (χ3v) is 6.43. The molecular weight excluding hydrogens is 514 g/mol. The van der Waals surface area contributed by atoms with Gasteiger partial charge >= 0.3 is 0 Å². The Morgan fingerprint density at radius 3 is 2.77 bits per heavy atom. The van der Waals surface area contributed by atoms with E-state index in [-0.39, 0.29) is 12.0 Å². The first-order chi connectivity index (χ1) is 14.5. The van der Waals surface area contributed by atoms with Crippen molar-refractivity contribution in [2.45, 2.75) is 25.4 Å². The number of carbonyl (C=O) groups is 1. The summed E-state index contributed by atoms with van der Waals surface area (Å²) >= 11 is 6.87. The zero-order valence-electron chi connectivity index (χ0n) is 16.7. The molecule has 0 bridgehead atoms. The molecule has 1 amide bonds. The number of piperidine rings is 1. The lowest BCUT2D eigenvalue weighted by atomic mass is 9.96. The highest BCUT2D eigenvalue weighted by Gasteiger charge is 2.26. The summed E-state index contributed by atoms with van der Waals surface area (Å²) in [6, 6.07) is 7.78. The van der Waals surface area contributed by atoms with E-state index in [9.17, 15) is 4.79 Å². The Morgan fingerprint density at radius 1 is 1.13 bits per heavy atom. The predicted molar refractivity (Wildman–Crippen MR) is 122 cm³/mol. The number of hydrogen-bond donors (Lipinski definition) is 1. The fourth-order valence-corrected chi connectivity index (χ4v) is 4.65. The number of pyridine rings is 1. The zero-order valence-corrected chi connectivity index (χ0v) is 19.8. The lowest BCUT2D eigenvalue weighted by Crippen LogP contribution is -2.45. The second-order valence-electron chi connectivity index (χ2n) is 7.88. The smallest absolute Gasteiger partial charge is 0.224 e. The highest BCUT2D eigenvalue weighted by Crippen LogP contribution is 2.34. The Kier molecular flexibility index (Phi) is 7.28. The molecule has 1 N–H and O–H groups in total. The highest BCUT2D eigenvalue weighted by atomic mass is 79.9. The molecule has 0 radical (unpaired) electrons. The number of carbonyl (C=O) groups excluding carboxylic acids is 1. The molecule has 1 fully saturated rings. The first-order valence-electron chi connectivity index (χ1n) is 10.2. The van der Waals surface area contributed by atoms with E-state index in [4.69, 9.17) is 9.47 Å². The maximum absolute atomic E-state index is 12.2. The molecule has 3 heterocycles. The van der Waals surface area contributed by atoms with E-state index >= 15 is 0 Å². The summed E-state index contributed by atoms with van der Waals surface area (Å²) in [5, 5.41) is 3.08. The molecule has 0 spiro atoms. The van der Waals surface area contributed by atoms with Crippen molar-refractivity contribution in [3.63, 3.8) is 0 Å². The van der Waals surface area contributed by atoms with Crippen LogP contribution in [-0.4, -0.2) is 54.7 Å². The number of fused-ring (bicyclic) bond motifs is 1. The first kappa shape index (κ1) is 21.6. The zero-order chi connectivity index (χ0) is 20.9. The molecule has 2 aliphatic heterocycles. The quantitative estimate of drug-likeness (QED) is 0.605. The Morgan fingerprint density at radius 2 is 1.97 bits per heavy atom. The third-order valence-electron chi connectivity index (χ3n) is 5.51. The summed E-state index contributed by atoms with van der Waals surface area (Å²) in [4.78, 5) is 18.8. The molecule has 4 rings (SSSR count). The summed E-state index contributed by atoms with van der Waals surface area (Å²) < 4.78 is 13.9. The van der Waals surface area contributed by atoms with E-state index in [2.05, 4.69) is 47.1 Å². The van der Waals surface area contributed by atoms with Crippen molar-refractivity contribution in [3.8, 4) is 11.5 Å². The monoisotopic (exact) mass is 537 g/mol. The van der Waals surface area contributed by atoms with Crippen LogP contribution in [0.2, 0.25) is 0 Å². The van der Waals surface area contributed by atoms with Crippen molar-refractivity contribution in [3.05, 3.63) is 51.2 Å². The molecule has 1 atom stereocenters. The van der Waals surface area contributed by atoms with E-state index in [0.29, 0.717) is 18.9 Å². The number of nitrogens with zero attached hydrogens (tertiary/aromatic N) is 2. The van der Waals surface area contributed by atoms with Crippen LogP contribution in [-0.2, 0) is 11.2 Å². The Labute approximate surface area is 193 Å². The highest BCUT2D eigenvalue weighted by molar-refractivity contribution is 9.10. The number of likely N-dealkylation sites (tertiary alicyclic amines) is 1. The molecule has 2 aromatic rings. The number of hydrogen-bond acceptors (Lipinski definition) is 5. The minimum atomic E-state index is 0.0434. The molecule has 30 heavy (non-hydrogen) atoms. The van der Waals surface area contributed by atoms with Crippen molar-refractivity contribution >= 4 is 37.8 Å². The second-order valence-corrected chi connectivity index (χ2v) is 9.71. The van der Waals surface area contributed by atoms with Crippen LogP contribution < -0.4 is 14.8 Å². The predicted octanol–water partition coefficient (Wildman–Crippen LogP) is 3.82. The number of nitrogens with one attached hydrogen (secondary N) is 1. The molecule has 1 aromatic heterocycles. The molecule has 0 aliphatic carbocycles. The Bertz CT molecular complexity index is 888. The van der Waals surface area contributed by atoms with Crippen LogP contribution in [0.15, 0.2) is 45.6 Å². The number of halogens is 2. The lowest BCUT2D eigenvalue weighted by Gasteiger charge is -2.35. The van der Waals surface area contributed by atoms with Gasteiger partial charge in [-0.25, -0.2) is 0 Å². The number of rotatable bonds is 6. The number of benzene rings is 1. The molecule has 8 heteroatoms. The van der Waals surface area contributed by atoms with Gasteiger partial charge in [0.15, 0.2) is 11.5 Å². The average Bonchev–Trinajstić information content (AvgIpc) is 2.73. The van der Waals surface area contributed by atoms with Crippen molar-refractivity contribution in [2.24, 2.45) is 5.92 Å². The average molecular weight is 539 g/mol. The van der Waals surface area contributed by atoms with Gasteiger partial charge in [-0.2, -0.15) is 0 Å². The van der Waals surface area contributed by atoms with Crippen molar-refractivity contribution < 1.29 is 14.3 Å². The van der Waals surface area contributed by atoms with Crippen LogP contribution in [0.1, 0.15) is 18.4 Å². The van der Waals surface area contributed by atoms with Gasteiger partial charge in [0.25, 0.3) is 0 Å². The van der Waals surface area contributed by atoms with Crippen LogP contribution in [0, 0.1) is 5.92 Å². The maximum atomic E-state index is 12.2. The molecule has 1 unspecified atom stereocenters. The van der Waals surface area contributed by atoms with Gasteiger partial charge in [-0.1, -0.05) is 15.9 Å². The number of amides is 1. The molecule has 1 aromatic carbocycles.